The number of carbonyl (C=O) groups excluding carboxylic acids is 1. The molecule has 0 atom stereocenters. The third-order valence-electron chi connectivity index (χ3n) is 5.21. The first-order valence-corrected chi connectivity index (χ1v) is 9.24. The highest BCUT2D eigenvalue weighted by Gasteiger charge is 2.52. The number of carbonyl (C=O) groups is 1. The Hall–Kier alpha value is -0.610. The molecule has 3 aliphatic rings. The minimum absolute atomic E-state index is 0.357. The van der Waals surface area contributed by atoms with Crippen molar-refractivity contribution in [3.63, 3.8) is 0 Å². The van der Waals surface area contributed by atoms with E-state index in [-0.39, 0.29) is 0 Å². The number of rotatable bonds is 3. The smallest absolute Gasteiger partial charge is 0.236 e. The molecule has 1 spiro atoms. The Morgan fingerprint density at radius 2 is 1.55 bits per heavy atom. The lowest BCUT2D eigenvalue weighted by atomic mass is 9.73. The summed E-state index contributed by atoms with van der Waals surface area (Å²) in [6.07, 6.45) is 3.76. The lowest BCUT2D eigenvalue weighted by molar-refractivity contribution is -0.159. The Bertz CT molecular complexity index is 349. The van der Waals surface area contributed by atoms with Crippen LogP contribution in [-0.4, -0.2) is 73.0 Å². The Kier molecular flexibility index (Phi) is 6.27. The highest BCUT2D eigenvalue weighted by atomic mass is 16.2. The highest BCUT2D eigenvalue weighted by Crippen LogP contribution is 2.39. The van der Waals surface area contributed by atoms with Crippen molar-refractivity contribution in [2.45, 2.75) is 47.0 Å². The summed E-state index contributed by atoms with van der Waals surface area (Å²) in [6, 6.07) is 0. The van der Waals surface area contributed by atoms with Crippen molar-refractivity contribution >= 4 is 5.91 Å². The second-order valence-corrected chi connectivity index (χ2v) is 7.72. The van der Waals surface area contributed by atoms with Gasteiger partial charge in [0.2, 0.25) is 5.91 Å². The maximum Gasteiger partial charge on any atom is 0.236 e. The van der Waals surface area contributed by atoms with Crippen molar-refractivity contribution in [1.82, 2.24) is 14.7 Å². The molecule has 128 valence electrons. The lowest BCUT2D eigenvalue weighted by Gasteiger charge is -2.60. The number of hydrogen-bond acceptors (Lipinski definition) is 3. The van der Waals surface area contributed by atoms with Crippen LogP contribution in [0.2, 0.25) is 0 Å². The van der Waals surface area contributed by atoms with Gasteiger partial charge in [0.1, 0.15) is 0 Å². The minimum atomic E-state index is 0.357. The number of amides is 1. The molecule has 0 radical (unpaired) electrons. The van der Waals surface area contributed by atoms with Crippen LogP contribution in [0.1, 0.15) is 47.0 Å². The fraction of sp³-hybridized carbons (Fsp3) is 0.944. The number of hydrogen-bond donors (Lipinski definition) is 0. The van der Waals surface area contributed by atoms with E-state index in [0.29, 0.717) is 17.9 Å². The van der Waals surface area contributed by atoms with Gasteiger partial charge in [-0.15, -0.1) is 0 Å². The van der Waals surface area contributed by atoms with Gasteiger partial charge in [0, 0.05) is 31.6 Å². The van der Waals surface area contributed by atoms with Crippen molar-refractivity contribution in [2.75, 3.05) is 52.4 Å². The molecule has 22 heavy (non-hydrogen) atoms. The second kappa shape index (κ2) is 7.78. The van der Waals surface area contributed by atoms with Gasteiger partial charge in [-0.25, -0.2) is 0 Å². The van der Waals surface area contributed by atoms with Crippen molar-refractivity contribution in [2.24, 2.45) is 11.3 Å². The standard InChI is InChI=1S/C15H27N3O.C3H8/c1-3-16-9-15(10-16)11-18(12-15)14(19)8-17-6-4-13(2)5-7-17;1-3-2/h13H,3-12H2,1-2H3;3H2,1-2H3. The highest BCUT2D eigenvalue weighted by molar-refractivity contribution is 5.79. The quantitative estimate of drug-likeness (QED) is 0.800. The Morgan fingerprint density at radius 1 is 1.00 bits per heavy atom. The first-order valence-electron chi connectivity index (χ1n) is 9.24. The van der Waals surface area contributed by atoms with E-state index in [2.05, 4.69) is 42.4 Å². The topological polar surface area (TPSA) is 26.8 Å². The van der Waals surface area contributed by atoms with Crippen LogP contribution in [0.15, 0.2) is 0 Å². The van der Waals surface area contributed by atoms with Gasteiger partial charge in [-0.1, -0.05) is 34.1 Å². The summed E-state index contributed by atoms with van der Waals surface area (Å²) >= 11 is 0. The number of nitrogens with zero attached hydrogens (tertiary/aromatic N) is 3. The third-order valence-corrected chi connectivity index (χ3v) is 5.21. The zero-order valence-corrected chi connectivity index (χ0v) is 15.1. The van der Waals surface area contributed by atoms with E-state index in [9.17, 15) is 4.79 Å². The monoisotopic (exact) mass is 309 g/mol. The van der Waals surface area contributed by atoms with Crippen LogP contribution in [0, 0.1) is 11.3 Å². The molecule has 3 rings (SSSR count). The van der Waals surface area contributed by atoms with Crippen LogP contribution in [0.25, 0.3) is 0 Å². The molecule has 4 nitrogen and oxygen atoms in total. The zero-order chi connectivity index (χ0) is 16.2. The van der Waals surface area contributed by atoms with Crippen molar-refractivity contribution in [1.29, 1.82) is 0 Å². The molecular weight excluding hydrogens is 274 g/mol. The van der Waals surface area contributed by atoms with Gasteiger partial charge >= 0.3 is 0 Å². The van der Waals surface area contributed by atoms with Crippen LogP contribution < -0.4 is 0 Å². The molecular formula is C18H35N3O. The van der Waals surface area contributed by atoms with Crippen LogP contribution in [0.3, 0.4) is 0 Å². The predicted octanol–water partition coefficient (Wildman–Crippen LogP) is 2.30. The maximum atomic E-state index is 12.2. The van der Waals surface area contributed by atoms with Gasteiger partial charge in [0.25, 0.3) is 0 Å². The van der Waals surface area contributed by atoms with Gasteiger partial charge in [0.05, 0.1) is 6.54 Å². The second-order valence-electron chi connectivity index (χ2n) is 7.72. The zero-order valence-electron chi connectivity index (χ0n) is 15.1. The number of piperidine rings is 1. The summed E-state index contributed by atoms with van der Waals surface area (Å²) in [5.41, 5.74) is 0.474. The van der Waals surface area contributed by atoms with Crippen molar-refractivity contribution in [3.8, 4) is 0 Å². The van der Waals surface area contributed by atoms with Gasteiger partial charge in [-0.05, 0) is 38.4 Å². The van der Waals surface area contributed by atoms with Crippen LogP contribution in [-0.2, 0) is 4.79 Å². The normalized spacial score (nSPS) is 25.2. The van der Waals surface area contributed by atoms with Gasteiger partial charge in [-0.3, -0.25) is 9.69 Å². The molecule has 0 aromatic heterocycles. The molecule has 3 heterocycles. The molecule has 1 amide bonds. The number of likely N-dealkylation sites (tertiary alicyclic amines) is 3. The average molecular weight is 309 g/mol. The molecule has 0 N–H and O–H groups in total. The molecule has 0 aromatic carbocycles. The summed E-state index contributed by atoms with van der Waals surface area (Å²) in [6.45, 7) is 17.2. The SMILES string of the molecule is CCC.CCN1CC2(C1)CN(C(=O)CN1CCC(C)CC1)C2. The van der Waals surface area contributed by atoms with E-state index in [0.717, 1.165) is 38.6 Å². The van der Waals surface area contributed by atoms with Crippen LogP contribution in [0.4, 0.5) is 0 Å². The van der Waals surface area contributed by atoms with Crippen molar-refractivity contribution in [3.05, 3.63) is 0 Å². The fourth-order valence-corrected chi connectivity index (χ4v) is 3.78. The molecule has 0 unspecified atom stereocenters. The molecule has 0 saturated carbocycles. The van der Waals surface area contributed by atoms with E-state index >= 15 is 0 Å². The van der Waals surface area contributed by atoms with Gasteiger partial charge < -0.3 is 9.80 Å². The largest absolute Gasteiger partial charge is 0.340 e. The van der Waals surface area contributed by atoms with E-state index in [1.165, 1.54) is 32.4 Å². The minimum Gasteiger partial charge on any atom is -0.340 e. The van der Waals surface area contributed by atoms with Crippen LogP contribution in [0.5, 0.6) is 0 Å². The summed E-state index contributed by atoms with van der Waals surface area (Å²) in [5, 5.41) is 0. The van der Waals surface area contributed by atoms with Gasteiger partial charge in [0.15, 0.2) is 0 Å². The fourth-order valence-electron chi connectivity index (χ4n) is 3.78. The average Bonchev–Trinajstić information content (AvgIpc) is 2.39. The summed E-state index contributed by atoms with van der Waals surface area (Å²) in [4.78, 5) is 19.1. The summed E-state index contributed by atoms with van der Waals surface area (Å²) in [5.74, 6) is 1.20. The molecule has 0 bridgehead atoms. The molecule has 3 fully saturated rings. The molecule has 3 aliphatic heterocycles. The van der Waals surface area contributed by atoms with E-state index in [1.807, 2.05) is 0 Å². The third kappa shape index (κ3) is 4.23. The Morgan fingerprint density at radius 3 is 2.05 bits per heavy atom. The Labute approximate surface area is 136 Å². The first-order chi connectivity index (χ1) is 10.5. The first kappa shape index (κ1) is 17.7. The Balaban J connectivity index is 0.000000545. The molecule has 4 heteroatoms. The lowest BCUT2D eigenvalue weighted by Crippen LogP contribution is -2.73. The van der Waals surface area contributed by atoms with Crippen molar-refractivity contribution < 1.29 is 4.79 Å². The van der Waals surface area contributed by atoms with Crippen LogP contribution >= 0.6 is 0 Å². The summed E-state index contributed by atoms with van der Waals surface area (Å²) in [7, 11) is 0. The van der Waals surface area contributed by atoms with E-state index < -0.39 is 0 Å². The van der Waals surface area contributed by atoms with Gasteiger partial charge in [-0.2, -0.15) is 0 Å². The summed E-state index contributed by atoms with van der Waals surface area (Å²) < 4.78 is 0. The van der Waals surface area contributed by atoms with E-state index in [4.69, 9.17) is 0 Å². The van der Waals surface area contributed by atoms with E-state index in [1.54, 1.807) is 0 Å². The molecule has 0 aliphatic carbocycles. The molecule has 0 aromatic rings. The predicted molar refractivity (Wildman–Crippen MR) is 91.9 cm³/mol. The maximum absolute atomic E-state index is 12.2. The molecule has 3 saturated heterocycles.